The van der Waals surface area contributed by atoms with E-state index in [-0.39, 0.29) is 12.6 Å². The van der Waals surface area contributed by atoms with Gasteiger partial charge in [-0.3, -0.25) is 9.97 Å². The lowest BCUT2D eigenvalue weighted by Crippen LogP contribution is -2.12. The second-order valence-corrected chi connectivity index (χ2v) is 3.46. The zero-order valence-corrected chi connectivity index (χ0v) is 8.30. The smallest absolute Gasteiger partial charge is 0.0732 e. The van der Waals surface area contributed by atoms with Crippen molar-refractivity contribution < 1.29 is 5.11 Å². The van der Waals surface area contributed by atoms with Gasteiger partial charge in [-0.05, 0) is 24.1 Å². The molecule has 0 aliphatic rings. The summed E-state index contributed by atoms with van der Waals surface area (Å²) in [4.78, 5) is 8.31. The zero-order valence-electron chi connectivity index (χ0n) is 8.30. The van der Waals surface area contributed by atoms with E-state index < -0.39 is 0 Å². The summed E-state index contributed by atoms with van der Waals surface area (Å²) in [6.45, 7) is 0.0895. The van der Waals surface area contributed by atoms with Gasteiger partial charge in [0.15, 0.2) is 0 Å². The Morgan fingerprint density at radius 2 is 2.27 bits per heavy atom. The van der Waals surface area contributed by atoms with E-state index in [1.54, 1.807) is 18.6 Å². The molecule has 1 atom stereocenters. The largest absolute Gasteiger partial charge is 0.396 e. The second-order valence-electron chi connectivity index (χ2n) is 3.46. The Balaban J connectivity index is 2.38. The van der Waals surface area contributed by atoms with E-state index in [4.69, 9.17) is 10.8 Å². The summed E-state index contributed by atoms with van der Waals surface area (Å²) in [5.74, 6) is 0. The van der Waals surface area contributed by atoms with Crippen molar-refractivity contribution in [3.8, 4) is 0 Å². The maximum absolute atomic E-state index is 8.80. The van der Waals surface area contributed by atoms with Crippen LogP contribution in [0, 0.1) is 0 Å². The number of pyridine rings is 2. The van der Waals surface area contributed by atoms with Crippen molar-refractivity contribution in [3.63, 3.8) is 0 Å². The van der Waals surface area contributed by atoms with Crippen LogP contribution in [0.3, 0.4) is 0 Å². The number of aliphatic hydroxyl groups is 1. The highest BCUT2D eigenvalue weighted by Crippen LogP contribution is 2.17. The van der Waals surface area contributed by atoms with Crippen molar-refractivity contribution in [2.45, 2.75) is 12.5 Å². The van der Waals surface area contributed by atoms with Crippen molar-refractivity contribution in [3.05, 3.63) is 36.3 Å². The van der Waals surface area contributed by atoms with E-state index in [2.05, 4.69) is 9.97 Å². The Labute approximate surface area is 87.8 Å². The molecule has 0 aromatic carbocycles. The van der Waals surface area contributed by atoms with Crippen LogP contribution in [-0.4, -0.2) is 21.7 Å². The summed E-state index contributed by atoms with van der Waals surface area (Å²) < 4.78 is 0. The first-order valence-corrected chi connectivity index (χ1v) is 4.87. The lowest BCUT2D eigenvalue weighted by Gasteiger charge is -2.10. The van der Waals surface area contributed by atoms with Crippen molar-refractivity contribution in [1.82, 2.24) is 9.97 Å². The normalized spacial score (nSPS) is 12.9. The highest BCUT2D eigenvalue weighted by atomic mass is 16.3. The number of hydrogen-bond donors (Lipinski definition) is 2. The molecule has 0 amide bonds. The predicted octanol–water partition coefficient (Wildman–Crippen LogP) is 1.01. The third-order valence-corrected chi connectivity index (χ3v) is 2.37. The van der Waals surface area contributed by atoms with Crippen LogP contribution in [0.2, 0.25) is 0 Å². The summed E-state index contributed by atoms with van der Waals surface area (Å²) in [6, 6.07) is 3.67. The van der Waals surface area contributed by atoms with Gasteiger partial charge in [0.2, 0.25) is 0 Å². The van der Waals surface area contributed by atoms with Gasteiger partial charge in [0.1, 0.15) is 0 Å². The van der Waals surface area contributed by atoms with E-state index in [9.17, 15) is 0 Å². The van der Waals surface area contributed by atoms with Crippen LogP contribution in [0.4, 0.5) is 0 Å². The first kappa shape index (κ1) is 10.0. The molecule has 4 nitrogen and oxygen atoms in total. The molecule has 1 unspecified atom stereocenters. The molecule has 2 heterocycles. The fourth-order valence-corrected chi connectivity index (χ4v) is 1.50. The summed E-state index contributed by atoms with van der Waals surface area (Å²) in [5.41, 5.74) is 7.72. The molecule has 78 valence electrons. The third-order valence-electron chi connectivity index (χ3n) is 2.37. The van der Waals surface area contributed by atoms with Gasteiger partial charge >= 0.3 is 0 Å². The van der Waals surface area contributed by atoms with E-state index in [1.807, 2.05) is 12.1 Å². The number of aromatic nitrogens is 2. The van der Waals surface area contributed by atoms with E-state index in [1.165, 1.54) is 0 Å². The molecular formula is C11H13N3O. The molecule has 2 aromatic rings. The van der Waals surface area contributed by atoms with Crippen LogP contribution in [0.15, 0.2) is 30.7 Å². The second kappa shape index (κ2) is 4.33. The van der Waals surface area contributed by atoms with Gasteiger partial charge in [0.25, 0.3) is 0 Å². The maximum atomic E-state index is 8.80. The molecule has 0 saturated carbocycles. The molecular weight excluding hydrogens is 190 g/mol. The summed E-state index contributed by atoms with van der Waals surface area (Å²) in [6.07, 6.45) is 5.77. The van der Waals surface area contributed by atoms with Crippen LogP contribution < -0.4 is 5.73 Å². The van der Waals surface area contributed by atoms with Crippen LogP contribution in [0.25, 0.3) is 10.9 Å². The SMILES string of the molecule is NC(CCO)c1cnc2ccncc2c1. The molecule has 15 heavy (non-hydrogen) atoms. The van der Waals surface area contributed by atoms with Crippen LogP contribution in [-0.2, 0) is 0 Å². The molecule has 0 aliphatic carbocycles. The number of fused-ring (bicyclic) bond motifs is 1. The standard InChI is InChI=1S/C11H13N3O/c12-10(2-4-15)8-5-9-6-13-3-1-11(9)14-7-8/h1,3,5-7,10,15H,2,4,12H2. The van der Waals surface area contributed by atoms with Crippen LogP contribution >= 0.6 is 0 Å². The van der Waals surface area contributed by atoms with Gasteiger partial charge in [0, 0.05) is 36.6 Å². The zero-order chi connectivity index (χ0) is 10.7. The Kier molecular flexibility index (Phi) is 2.89. The van der Waals surface area contributed by atoms with E-state index in [0.717, 1.165) is 16.5 Å². The number of aliphatic hydroxyl groups excluding tert-OH is 1. The monoisotopic (exact) mass is 203 g/mol. The quantitative estimate of drug-likeness (QED) is 0.781. The Morgan fingerprint density at radius 3 is 3.07 bits per heavy atom. The maximum Gasteiger partial charge on any atom is 0.0732 e. The molecule has 0 spiro atoms. The number of nitrogens with two attached hydrogens (primary N) is 1. The first-order chi connectivity index (χ1) is 7.31. The number of hydrogen-bond acceptors (Lipinski definition) is 4. The average Bonchev–Trinajstić information content (AvgIpc) is 2.29. The third kappa shape index (κ3) is 2.11. The van der Waals surface area contributed by atoms with Crippen molar-refractivity contribution in [1.29, 1.82) is 0 Å². The summed E-state index contributed by atoms with van der Waals surface area (Å²) >= 11 is 0. The highest BCUT2D eigenvalue weighted by molar-refractivity contribution is 5.77. The Morgan fingerprint density at radius 1 is 1.40 bits per heavy atom. The molecule has 3 N–H and O–H groups in total. The van der Waals surface area contributed by atoms with Crippen molar-refractivity contribution in [2.75, 3.05) is 6.61 Å². The van der Waals surface area contributed by atoms with Crippen LogP contribution in [0.5, 0.6) is 0 Å². The lowest BCUT2D eigenvalue weighted by molar-refractivity contribution is 0.276. The van der Waals surface area contributed by atoms with Gasteiger partial charge in [-0.1, -0.05) is 0 Å². The van der Waals surface area contributed by atoms with Crippen LogP contribution in [0.1, 0.15) is 18.0 Å². The Hall–Kier alpha value is -1.52. The molecule has 0 fully saturated rings. The van der Waals surface area contributed by atoms with Gasteiger partial charge < -0.3 is 10.8 Å². The highest BCUT2D eigenvalue weighted by Gasteiger charge is 2.06. The minimum absolute atomic E-state index is 0.0895. The molecule has 0 aliphatic heterocycles. The minimum Gasteiger partial charge on any atom is -0.396 e. The van der Waals surface area contributed by atoms with E-state index in [0.29, 0.717) is 6.42 Å². The lowest BCUT2D eigenvalue weighted by atomic mass is 10.1. The summed E-state index contributed by atoms with van der Waals surface area (Å²) in [7, 11) is 0. The number of nitrogens with zero attached hydrogens (tertiary/aromatic N) is 2. The molecule has 4 heteroatoms. The fraction of sp³-hybridized carbons (Fsp3) is 0.273. The van der Waals surface area contributed by atoms with E-state index >= 15 is 0 Å². The molecule has 0 radical (unpaired) electrons. The summed E-state index contributed by atoms with van der Waals surface area (Å²) in [5, 5.41) is 9.77. The molecule has 2 rings (SSSR count). The predicted molar refractivity (Wildman–Crippen MR) is 58.2 cm³/mol. The fourth-order valence-electron chi connectivity index (χ4n) is 1.50. The minimum atomic E-state index is -0.160. The van der Waals surface area contributed by atoms with Crippen molar-refractivity contribution >= 4 is 10.9 Å². The van der Waals surface area contributed by atoms with Crippen molar-refractivity contribution in [2.24, 2.45) is 5.73 Å². The molecule has 0 saturated heterocycles. The first-order valence-electron chi connectivity index (χ1n) is 4.87. The number of rotatable bonds is 3. The van der Waals surface area contributed by atoms with Gasteiger partial charge in [0.05, 0.1) is 5.52 Å². The topological polar surface area (TPSA) is 72.0 Å². The Bertz CT molecular complexity index is 458. The average molecular weight is 203 g/mol. The van der Waals surface area contributed by atoms with Gasteiger partial charge in [-0.15, -0.1) is 0 Å². The van der Waals surface area contributed by atoms with Gasteiger partial charge in [-0.2, -0.15) is 0 Å². The van der Waals surface area contributed by atoms with Gasteiger partial charge in [-0.25, -0.2) is 0 Å². The molecule has 0 bridgehead atoms. The molecule has 2 aromatic heterocycles.